The first kappa shape index (κ1) is 11.4. The highest BCUT2D eigenvalue weighted by molar-refractivity contribution is 4.93. The average Bonchev–Trinajstić information content (AvgIpc) is 2.82. The van der Waals surface area contributed by atoms with Crippen molar-refractivity contribution in [1.82, 2.24) is 4.90 Å². The SMILES string of the molecule is CC(C)(C)C1CCN(C(CN)C2CC2)C1. The lowest BCUT2D eigenvalue weighted by molar-refractivity contribution is 0.183. The molecule has 2 atom stereocenters. The van der Waals surface area contributed by atoms with Crippen LogP contribution in [0.4, 0.5) is 0 Å². The van der Waals surface area contributed by atoms with Crippen LogP contribution in [0, 0.1) is 17.3 Å². The predicted octanol–water partition coefficient (Wildman–Crippen LogP) is 2.09. The van der Waals surface area contributed by atoms with E-state index in [1.165, 1.54) is 32.4 Å². The summed E-state index contributed by atoms with van der Waals surface area (Å²) in [6.07, 6.45) is 4.20. The Morgan fingerprint density at radius 1 is 1.27 bits per heavy atom. The summed E-state index contributed by atoms with van der Waals surface area (Å²) in [7, 11) is 0. The van der Waals surface area contributed by atoms with Crippen molar-refractivity contribution in [2.24, 2.45) is 23.0 Å². The molecule has 1 aliphatic carbocycles. The van der Waals surface area contributed by atoms with E-state index in [1.54, 1.807) is 0 Å². The zero-order valence-corrected chi connectivity index (χ0v) is 10.5. The van der Waals surface area contributed by atoms with Crippen molar-refractivity contribution in [2.75, 3.05) is 19.6 Å². The van der Waals surface area contributed by atoms with Crippen LogP contribution < -0.4 is 5.73 Å². The van der Waals surface area contributed by atoms with Crippen molar-refractivity contribution >= 4 is 0 Å². The molecule has 2 fully saturated rings. The lowest BCUT2D eigenvalue weighted by atomic mass is 9.80. The summed E-state index contributed by atoms with van der Waals surface area (Å²) in [5, 5.41) is 0. The van der Waals surface area contributed by atoms with Crippen LogP contribution >= 0.6 is 0 Å². The van der Waals surface area contributed by atoms with E-state index in [4.69, 9.17) is 5.73 Å². The number of hydrogen-bond acceptors (Lipinski definition) is 2. The smallest absolute Gasteiger partial charge is 0.0246 e. The number of likely N-dealkylation sites (tertiary alicyclic amines) is 1. The number of rotatable bonds is 3. The Bertz CT molecular complexity index is 215. The predicted molar refractivity (Wildman–Crippen MR) is 64.7 cm³/mol. The Morgan fingerprint density at radius 2 is 1.93 bits per heavy atom. The molecule has 1 saturated heterocycles. The summed E-state index contributed by atoms with van der Waals surface area (Å²) >= 11 is 0. The van der Waals surface area contributed by atoms with Crippen LogP contribution in [-0.4, -0.2) is 30.6 Å². The van der Waals surface area contributed by atoms with Crippen molar-refractivity contribution in [3.8, 4) is 0 Å². The average molecular weight is 210 g/mol. The maximum absolute atomic E-state index is 5.91. The third-order valence-electron chi connectivity index (χ3n) is 4.32. The van der Waals surface area contributed by atoms with E-state index >= 15 is 0 Å². The Labute approximate surface area is 94.2 Å². The number of hydrogen-bond donors (Lipinski definition) is 1. The third kappa shape index (κ3) is 2.54. The Morgan fingerprint density at radius 3 is 2.33 bits per heavy atom. The molecule has 0 aromatic heterocycles. The first-order valence-corrected chi connectivity index (χ1v) is 6.46. The van der Waals surface area contributed by atoms with Gasteiger partial charge in [-0.25, -0.2) is 0 Å². The normalized spacial score (nSPS) is 30.8. The molecule has 0 radical (unpaired) electrons. The number of nitrogens with two attached hydrogens (primary N) is 1. The summed E-state index contributed by atoms with van der Waals surface area (Å²) in [6.45, 7) is 10.5. The molecular weight excluding hydrogens is 184 g/mol. The molecular formula is C13H26N2. The van der Waals surface area contributed by atoms with Gasteiger partial charge in [-0.3, -0.25) is 4.90 Å². The van der Waals surface area contributed by atoms with Gasteiger partial charge in [-0.15, -0.1) is 0 Å². The summed E-state index contributed by atoms with van der Waals surface area (Å²) in [5.74, 6) is 1.79. The molecule has 2 nitrogen and oxygen atoms in total. The summed E-state index contributed by atoms with van der Waals surface area (Å²) in [5.41, 5.74) is 6.38. The van der Waals surface area contributed by atoms with Gasteiger partial charge in [0.2, 0.25) is 0 Å². The Hall–Kier alpha value is -0.0800. The Balaban J connectivity index is 1.91. The van der Waals surface area contributed by atoms with Gasteiger partial charge >= 0.3 is 0 Å². The van der Waals surface area contributed by atoms with E-state index in [0.29, 0.717) is 11.5 Å². The standard InChI is InChI=1S/C13H26N2/c1-13(2,3)11-6-7-15(9-11)12(8-14)10-4-5-10/h10-12H,4-9,14H2,1-3H3. The fourth-order valence-electron chi connectivity index (χ4n) is 2.92. The van der Waals surface area contributed by atoms with E-state index in [9.17, 15) is 0 Å². The van der Waals surface area contributed by atoms with Crippen molar-refractivity contribution in [2.45, 2.75) is 46.1 Å². The Kier molecular flexibility index (Phi) is 3.09. The van der Waals surface area contributed by atoms with Gasteiger partial charge < -0.3 is 5.73 Å². The second kappa shape index (κ2) is 4.06. The van der Waals surface area contributed by atoms with E-state index in [0.717, 1.165) is 18.4 Å². The molecule has 1 aliphatic heterocycles. The highest BCUT2D eigenvalue weighted by atomic mass is 15.2. The molecule has 0 bridgehead atoms. The zero-order chi connectivity index (χ0) is 11.1. The van der Waals surface area contributed by atoms with Gasteiger partial charge in [-0.2, -0.15) is 0 Å². The minimum atomic E-state index is 0.470. The maximum atomic E-state index is 5.91. The van der Waals surface area contributed by atoms with Crippen molar-refractivity contribution in [1.29, 1.82) is 0 Å². The summed E-state index contributed by atoms with van der Waals surface area (Å²) in [4.78, 5) is 2.66. The van der Waals surface area contributed by atoms with Crippen molar-refractivity contribution in [3.63, 3.8) is 0 Å². The number of nitrogens with zero attached hydrogens (tertiary/aromatic N) is 1. The first-order chi connectivity index (χ1) is 7.02. The molecule has 0 spiro atoms. The van der Waals surface area contributed by atoms with E-state index < -0.39 is 0 Å². The van der Waals surface area contributed by atoms with Gasteiger partial charge in [0.15, 0.2) is 0 Å². The van der Waals surface area contributed by atoms with Crippen LogP contribution in [-0.2, 0) is 0 Å². The molecule has 2 N–H and O–H groups in total. The van der Waals surface area contributed by atoms with Crippen LogP contribution in [0.1, 0.15) is 40.0 Å². The third-order valence-corrected chi connectivity index (χ3v) is 4.32. The highest BCUT2D eigenvalue weighted by Gasteiger charge is 2.39. The molecule has 2 unspecified atom stereocenters. The van der Waals surface area contributed by atoms with E-state index in [-0.39, 0.29) is 0 Å². The molecule has 1 heterocycles. The molecule has 1 saturated carbocycles. The fraction of sp³-hybridized carbons (Fsp3) is 1.00. The molecule has 88 valence electrons. The second-order valence-corrected chi connectivity index (χ2v) is 6.49. The van der Waals surface area contributed by atoms with Crippen LogP contribution in [0.25, 0.3) is 0 Å². The summed E-state index contributed by atoms with van der Waals surface area (Å²) < 4.78 is 0. The second-order valence-electron chi connectivity index (χ2n) is 6.49. The van der Waals surface area contributed by atoms with Gasteiger partial charge in [0.05, 0.1) is 0 Å². The zero-order valence-electron chi connectivity index (χ0n) is 10.5. The van der Waals surface area contributed by atoms with Gasteiger partial charge in [0.1, 0.15) is 0 Å². The lowest BCUT2D eigenvalue weighted by Gasteiger charge is -2.30. The van der Waals surface area contributed by atoms with Crippen LogP contribution in [0.3, 0.4) is 0 Å². The van der Waals surface area contributed by atoms with Gasteiger partial charge in [0.25, 0.3) is 0 Å². The van der Waals surface area contributed by atoms with Gasteiger partial charge in [-0.1, -0.05) is 20.8 Å². The van der Waals surface area contributed by atoms with Crippen molar-refractivity contribution in [3.05, 3.63) is 0 Å². The topological polar surface area (TPSA) is 29.3 Å². The van der Waals surface area contributed by atoms with Crippen LogP contribution in [0.5, 0.6) is 0 Å². The highest BCUT2D eigenvalue weighted by Crippen LogP contribution is 2.40. The van der Waals surface area contributed by atoms with Crippen molar-refractivity contribution < 1.29 is 0 Å². The maximum Gasteiger partial charge on any atom is 0.0246 e. The molecule has 2 heteroatoms. The van der Waals surface area contributed by atoms with Crippen LogP contribution in [0.2, 0.25) is 0 Å². The largest absolute Gasteiger partial charge is 0.329 e. The van der Waals surface area contributed by atoms with Gasteiger partial charge in [-0.05, 0) is 43.1 Å². The monoisotopic (exact) mass is 210 g/mol. The van der Waals surface area contributed by atoms with E-state index in [1.807, 2.05) is 0 Å². The fourth-order valence-corrected chi connectivity index (χ4v) is 2.92. The minimum Gasteiger partial charge on any atom is -0.329 e. The first-order valence-electron chi connectivity index (χ1n) is 6.46. The van der Waals surface area contributed by atoms with Crippen LogP contribution in [0.15, 0.2) is 0 Å². The molecule has 2 rings (SSSR count). The quantitative estimate of drug-likeness (QED) is 0.773. The minimum absolute atomic E-state index is 0.470. The molecule has 15 heavy (non-hydrogen) atoms. The van der Waals surface area contributed by atoms with Gasteiger partial charge in [0, 0.05) is 19.1 Å². The molecule has 0 aromatic carbocycles. The molecule has 0 amide bonds. The lowest BCUT2D eigenvalue weighted by Crippen LogP contribution is -2.41. The summed E-state index contributed by atoms with van der Waals surface area (Å²) in [6, 6.07) is 0.692. The van der Waals surface area contributed by atoms with E-state index in [2.05, 4.69) is 25.7 Å². The molecule has 2 aliphatic rings. The molecule has 0 aromatic rings.